The van der Waals surface area contributed by atoms with Crippen molar-refractivity contribution < 1.29 is 23.9 Å². The normalized spacial score (nSPS) is 33.5. The van der Waals surface area contributed by atoms with Crippen molar-refractivity contribution in [1.29, 1.82) is 0 Å². The number of terminal acetylenes is 1. The lowest BCUT2D eigenvalue weighted by Gasteiger charge is -2.39. The Balaban J connectivity index is 1.80. The lowest BCUT2D eigenvalue weighted by Crippen LogP contribution is -2.55. The van der Waals surface area contributed by atoms with E-state index in [4.69, 9.17) is 21.6 Å². The van der Waals surface area contributed by atoms with Crippen molar-refractivity contribution in [2.45, 2.75) is 24.7 Å². The smallest absolute Gasteiger partial charge is 0.404 e. The molecule has 0 unspecified atom stereocenters. The highest BCUT2D eigenvalue weighted by Gasteiger charge is 2.72. The summed E-state index contributed by atoms with van der Waals surface area (Å²) in [6, 6.07) is 0.0841. The van der Waals surface area contributed by atoms with E-state index in [-0.39, 0.29) is 48.1 Å². The van der Waals surface area contributed by atoms with Crippen LogP contribution < -0.4 is 16.4 Å². The Kier molecular flexibility index (Phi) is 3.80. The molecule has 0 aromatic carbocycles. The summed E-state index contributed by atoms with van der Waals surface area (Å²) in [4.78, 5) is 39.4. The second-order valence-corrected chi connectivity index (χ2v) is 6.98. The zero-order valence-corrected chi connectivity index (χ0v) is 15.0. The van der Waals surface area contributed by atoms with E-state index in [1.165, 1.54) is 7.11 Å². The first-order valence-corrected chi connectivity index (χ1v) is 8.61. The molecule has 9 heteroatoms. The van der Waals surface area contributed by atoms with Crippen LogP contribution in [-0.2, 0) is 19.1 Å². The second-order valence-electron chi connectivity index (χ2n) is 6.98. The van der Waals surface area contributed by atoms with E-state index in [9.17, 15) is 14.4 Å². The molecule has 4 atom stereocenters. The lowest BCUT2D eigenvalue weighted by molar-refractivity contribution is -0.137. The molecule has 142 valence electrons. The van der Waals surface area contributed by atoms with Crippen molar-refractivity contribution in [2.24, 2.45) is 11.7 Å². The van der Waals surface area contributed by atoms with Gasteiger partial charge in [0.05, 0.1) is 29.9 Å². The van der Waals surface area contributed by atoms with E-state index in [0.29, 0.717) is 17.8 Å². The quantitative estimate of drug-likeness (QED) is 0.305. The van der Waals surface area contributed by atoms with Gasteiger partial charge in [0, 0.05) is 30.8 Å². The summed E-state index contributed by atoms with van der Waals surface area (Å²) in [7, 11) is 1.53. The fourth-order valence-corrected chi connectivity index (χ4v) is 4.64. The van der Waals surface area contributed by atoms with Crippen molar-refractivity contribution in [1.82, 2.24) is 15.5 Å². The predicted molar refractivity (Wildman–Crippen MR) is 92.8 cm³/mol. The van der Waals surface area contributed by atoms with E-state index in [1.54, 1.807) is 6.92 Å². The Morgan fingerprint density at radius 1 is 1.48 bits per heavy atom. The number of nitrogens with two attached hydrogens (primary N) is 1. The van der Waals surface area contributed by atoms with Gasteiger partial charge < -0.3 is 30.7 Å². The zero-order chi connectivity index (χ0) is 19.5. The Hall–Kier alpha value is -2.83. The highest BCUT2D eigenvalue weighted by molar-refractivity contribution is 6.25. The lowest BCUT2D eigenvalue weighted by atomic mass is 9.82. The van der Waals surface area contributed by atoms with Gasteiger partial charge in [-0.3, -0.25) is 9.59 Å². The van der Waals surface area contributed by atoms with Crippen molar-refractivity contribution in [3.05, 3.63) is 22.5 Å². The van der Waals surface area contributed by atoms with Crippen LogP contribution in [0.15, 0.2) is 22.5 Å². The SMILES string of the molecule is C#CCNC1=C(C)C(=O)C2=C(C1=O)[C@@H](COC(N)=O)[C@@]1(OC)[C@H]3N[C@@H]3CN21. The molecule has 0 radical (unpaired) electrons. The van der Waals surface area contributed by atoms with Crippen LogP contribution in [0.1, 0.15) is 6.92 Å². The molecule has 2 fully saturated rings. The van der Waals surface area contributed by atoms with Gasteiger partial charge in [0.15, 0.2) is 5.72 Å². The molecule has 4 aliphatic rings. The van der Waals surface area contributed by atoms with Crippen LogP contribution in [0.5, 0.6) is 0 Å². The van der Waals surface area contributed by atoms with Crippen LogP contribution in [0.3, 0.4) is 0 Å². The first-order valence-electron chi connectivity index (χ1n) is 8.61. The van der Waals surface area contributed by atoms with Crippen LogP contribution >= 0.6 is 0 Å². The highest BCUT2D eigenvalue weighted by atomic mass is 16.6. The summed E-state index contributed by atoms with van der Waals surface area (Å²) < 4.78 is 10.9. The second kappa shape index (κ2) is 5.84. The van der Waals surface area contributed by atoms with E-state index in [2.05, 4.69) is 16.6 Å². The number of nitrogens with one attached hydrogen (secondary N) is 2. The molecule has 9 nitrogen and oxygen atoms in total. The molecular weight excluding hydrogens is 352 g/mol. The Morgan fingerprint density at radius 2 is 2.22 bits per heavy atom. The maximum Gasteiger partial charge on any atom is 0.404 e. The third-order valence-electron chi connectivity index (χ3n) is 5.80. The molecule has 4 rings (SSSR count). The van der Waals surface area contributed by atoms with Crippen LogP contribution in [0, 0.1) is 18.3 Å². The molecule has 0 aromatic heterocycles. The van der Waals surface area contributed by atoms with Crippen molar-refractivity contribution in [3.63, 3.8) is 0 Å². The number of rotatable bonds is 5. The summed E-state index contributed by atoms with van der Waals surface area (Å²) in [5.74, 6) is 1.16. The van der Waals surface area contributed by atoms with E-state index < -0.39 is 17.7 Å². The van der Waals surface area contributed by atoms with Crippen molar-refractivity contribution in [2.75, 3.05) is 26.8 Å². The minimum atomic E-state index is -0.974. The summed E-state index contributed by atoms with van der Waals surface area (Å²) in [5, 5.41) is 6.15. The number of nitrogens with zero attached hydrogens (tertiary/aromatic N) is 1. The standard InChI is InChI=1S/C18H20N4O5/c1-4-5-20-12-8(2)14(23)13-11(15(12)24)9(7-27-17(19)25)18(26-3)16-10(21-16)6-22(13)18/h1,9-10,16,20-21H,5-7H2,2-3H3,(H2,19,25)/t9-,10-,16+,18-/m1/s1. The molecule has 1 amide bonds. The van der Waals surface area contributed by atoms with Crippen LogP contribution in [0.2, 0.25) is 0 Å². The Morgan fingerprint density at radius 3 is 2.85 bits per heavy atom. The van der Waals surface area contributed by atoms with Gasteiger partial charge in [-0.1, -0.05) is 5.92 Å². The van der Waals surface area contributed by atoms with Crippen LogP contribution in [0.4, 0.5) is 4.79 Å². The third kappa shape index (κ3) is 2.17. The van der Waals surface area contributed by atoms with Crippen LogP contribution in [0.25, 0.3) is 0 Å². The number of hydrogen-bond donors (Lipinski definition) is 3. The van der Waals surface area contributed by atoms with Gasteiger partial charge >= 0.3 is 6.09 Å². The Labute approximate surface area is 155 Å². The number of ketones is 2. The fraction of sp³-hybridized carbons (Fsp3) is 0.500. The maximum absolute atomic E-state index is 13.3. The number of methoxy groups -OCH3 is 1. The van der Waals surface area contributed by atoms with E-state index in [0.717, 1.165) is 0 Å². The molecule has 1 aliphatic carbocycles. The van der Waals surface area contributed by atoms with E-state index in [1.807, 2.05) is 4.90 Å². The van der Waals surface area contributed by atoms with Gasteiger partial charge in [-0.05, 0) is 6.92 Å². The number of amides is 1. The summed E-state index contributed by atoms with van der Waals surface area (Å²) in [5.41, 5.74) is 5.24. The number of primary amides is 1. The number of piperazine rings is 1. The van der Waals surface area contributed by atoms with E-state index >= 15 is 0 Å². The topological polar surface area (TPSA) is 133 Å². The number of Topliss-reactive ketones (excluding diaryl/α,β-unsaturated/α-hetero) is 2. The predicted octanol–water partition coefficient (Wildman–Crippen LogP) is -1.39. The number of ether oxygens (including phenoxy) is 2. The van der Waals surface area contributed by atoms with Crippen molar-refractivity contribution >= 4 is 17.7 Å². The molecule has 27 heavy (non-hydrogen) atoms. The average molecular weight is 372 g/mol. The average Bonchev–Trinajstić information content (AvgIpc) is 3.24. The van der Waals surface area contributed by atoms with Gasteiger partial charge in [-0.2, -0.15) is 0 Å². The number of allylic oxidation sites excluding steroid dienone is 2. The first kappa shape index (κ1) is 17.6. The van der Waals surface area contributed by atoms with Gasteiger partial charge in [0.2, 0.25) is 11.6 Å². The monoisotopic (exact) mass is 372 g/mol. The molecule has 3 aliphatic heterocycles. The molecule has 4 N–H and O–H groups in total. The molecule has 0 spiro atoms. The van der Waals surface area contributed by atoms with Gasteiger partial charge in [-0.25, -0.2) is 4.79 Å². The number of fused-ring (bicyclic) bond motifs is 4. The molecule has 0 saturated carbocycles. The Bertz CT molecular complexity index is 869. The van der Waals surface area contributed by atoms with Crippen LogP contribution in [-0.4, -0.2) is 67.2 Å². The largest absolute Gasteiger partial charge is 0.449 e. The van der Waals surface area contributed by atoms with Crippen molar-refractivity contribution in [3.8, 4) is 12.3 Å². The molecule has 0 aromatic rings. The number of carbonyl (C=O) groups is 3. The molecule has 3 heterocycles. The van der Waals surface area contributed by atoms with Gasteiger partial charge in [0.1, 0.15) is 6.61 Å². The zero-order valence-electron chi connectivity index (χ0n) is 15.0. The van der Waals surface area contributed by atoms with Gasteiger partial charge in [0.25, 0.3) is 0 Å². The molecule has 0 bridgehead atoms. The minimum Gasteiger partial charge on any atom is -0.449 e. The maximum atomic E-state index is 13.3. The summed E-state index contributed by atoms with van der Waals surface area (Å²) in [6.45, 7) is 2.08. The van der Waals surface area contributed by atoms with Gasteiger partial charge in [-0.15, -0.1) is 6.42 Å². The highest BCUT2D eigenvalue weighted by Crippen LogP contribution is 2.55. The minimum absolute atomic E-state index is 0.0717. The number of hydrogen-bond acceptors (Lipinski definition) is 8. The summed E-state index contributed by atoms with van der Waals surface area (Å²) in [6.07, 6.45) is 4.32. The number of carbonyl (C=O) groups excluding carboxylic acids is 3. The summed E-state index contributed by atoms with van der Waals surface area (Å²) >= 11 is 0. The molecular formula is C18H20N4O5. The first-order chi connectivity index (χ1) is 12.9. The fourth-order valence-electron chi connectivity index (χ4n) is 4.64. The molecule has 2 saturated heterocycles. The third-order valence-corrected chi connectivity index (χ3v) is 5.80.